The molecule has 1 amide bonds. The first-order valence-electron chi connectivity index (χ1n) is 9.53. The van der Waals surface area contributed by atoms with Gasteiger partial charge in [-0.3, -0.25) is 9.10 Å². The quantitative estimate of drug-likeness (QED) is 0.737. The first-order valence-corrected chi connectivity index (χ1v) is 11.0. The summed E-state index contributed by atoms with van der Waals surface area (Å²) < 4.78 is 27.7. The van der Waals surface area contributed by atoms with Crippen LogP contribution in [0.15, 0.2) is 53.4 Å². The lowest BCUT2D eigenvalue weighted by atomic mass is 10.0. The molecule has 0 bridgehead atoms. The number of rotatable bonds is 7. The van der Waals surface area contributed by atoms with Gasteiger partial charge in [0.25, 0.3) is 15.9 Å². The van der Waals surface area contributed by atoms with Crippen LogP contribution in [-0.4, -0.2) is 27.4 Å². The van der Waals surface area contributed by atoms with Crippen molar-refractivity contribution < 1.29 is 13.2 Å². The summed E-state index contributed by atoms with van der Waals surface area (Å²) in [4.78, 5) is 12.4. The maximum Gasteiger partial charge on any atom is 0.264 e. The number of anilines is 1. The fourth-order valence-corrected chi connectivity index (χ4v) is 4.87. The summed E-state index contributed by atoms with van der Waals surface area (Å²) in [5.74, 6) is -0.168. The predicted octanol–water partition coefficient (Wildman–Crippen LogP) is 3.75. The number of amides is 1. The van der Waals surface area contributed by atoms with Crippen molar-refractivity contribution in [3.05, 3.63) is 59.7 Å². The minimum Gasteiger partial charge on any atom is -0.352 e. The fourth-order valence-electron chi connectivity index (χ4n) is 3.33. The van der Waals surface area contributed by atoms with E-state index >= 15 is 0 Å². The van der Waals surface area contributed by atoms with E-state index in [-0.39, 0.29) is 10.8 Å². The molecule has 0 unspecified atom stereocenters. The van der Waals surface area contributed by atoms with Crippen LogP contribution in [0.3, 0.4) is 0 Å². The molecule has 0 radical (unpaired) electrons. The lowest BCUT2D eigenvalue weighted by Crippen LogP contribution is -2.35. The second kappa shape index (κ2) is 8.57. The second-order valence-corrected chi connectivity index (χ2v) is 8.66. The number of sulfonamides is 1. The zero-order valence-corrected chi connectivity index (χ0v) is 16.5. The van der Waals surface area contributed by atoms with Crippen molar-refractivity contribution in [1.82, 2.24) is 5.32 Å². The van der Waals surface area contributed by atoms with Gasteiger partial charge >= 0.3 is 0 Å². The summed E-state index contributed by atoms with van der Waals surface area (Å²) in [7, 11) is -3.64. The van der Waals surface area contributed by atoms with E-state index in [0.29, 0.717) is 18.7 Å². The highest BCUT2D eigenvalue weighted by Crippen LogP contribution is 2.31. The van der Waals surface area contributed by atoms with Crippen molar-refractivity contribution in [3.8, 4) is 0 Å². The zero-order chi connectivity index (χ0) is 19.3. The SMILES string of the molecule is CCCCCNC(=O)c1ccc(S(=O)(=O)N2CCCc3ccccc32)cc1. The number of benzene rings is 2. The Labute approximate surface area is 161 Å². The molecular formula is C21H26N2O3S. The van der Waals surface area contributed by atoms with Gasteiger partial charge < -0.3 is 5.32 Å². The van der Waals surface area contributed by atoms with Crippen LogP contribution in [-0.2, 0) is 16.4 Å². The summed E-state index contributed by atoms with van der Waals surface area (Å²) in [6.07, 6.45) is 4.81. The van der Waals surface area contributed by atoms with E-state index in [0.717, 1.165) is 43.4 Å². The number of carbonyl (C=O) groups is 1. The molecule has 27 heavy (non-hydrogen) atoms. The fraction of sp³-hybridized carbons (Fsp3) is 0.381. The molecule has 3 rings (SSSR count). The molecule has 144 valence electrons. The minimum atomic E-state index is -3.64. The van der Waals surface area contributed by atoms with Crippen LogP contribution >= 0.6 is 0 Å². The van der Waals surface area contributed by atoms with Crippen LogP contribution in [0.1, 0.15) is 48.5 Å². The first-order chi connectivity index (χ1) is 13.0. The molecule has 2 aromatic rings. The van der Waals surface area contributed by atoms with Crippen LogP contribution in [0.5, 0.6) is 0 Å². The molecule has 0 spiro atoms. The van der Waals surface area contributed by atoms with Crippen molar-refractivity contribution in [3.63, 3.8) is 0 Å². The smallest absolute Gasteiger partial charge is 0.264 e. The Hall–Kier alpha value is -2.34. The van der Waals surface area contributed by atoms with Crippen molar-refractivity contribution in [2.45, 2.75) is 43.9 Å². The lowest BCUT2D eigenvalue weighted by molar-refractivity contribution is 0.0953. The van der Waals surface area contributed by atoms with Gasteiger partial charge in [-0.1, -0.05) is 38.0 Å². The molecule has 0 saturated heterocycles. The number of unbranched alkanes of at least 4 members (excludes halogenated alkanes) is 2. The number of nitrogens with one attached hydrogen (secondary N) is 1. The summed E-state index contributed by atoms with van der Waals surface area (Å²) in [6.45, 7) is 3.22. The van der Waals surface area contributed by atoms with Gasteiger partial charge in [-0.05, 0) is 55.2 Å². The van der Waals surface area contributed by atoms with Crippen LogP contribution in [0.25, 0.3) is 0 Å². The zero-order valence-electron chi connectivity index (χ0n) is 15.6. The van der Waals surface area contributed by atoms with Crippen molar-refractivity contribution in [1.29, 1.82) is 0 Å². The van der Waals surface area contributed by atoms with Gasteiger partial charge in [-0.15, -0.1) is 0 Å². The van der Waals surface area contributed by atoms with Crippen molar-refractivity contribution in [2.75, 3.05) is 17.4 Å². The number of hydrogen-bond acceptors (Lipinski definition) is 3. The molecule has 1 N–H and O–H groups in total. The third-order valence-corrected chi connectivity index (χ3v) is 6.67. The molecule has 0 atom stereocenters. The van der Waals surface area contributed by atoms with Gasteiger partial charge in [0, 0.05) is 18.7 Å². The Bertz CT molecular complexity index is 892. The van der Waals surface area contributed by atoms with Gasteiger partial charge in [0.05, 0.1) is 10.6 Å². The molecule has 1 heterocycles. The normalized spacial score (nSPS) is 13.9. The van der Waals surface area contributed by atoms with E-state index < -0.39 is 10.0 Å². The molecule has 6 heteroatoms. The van der Waals surface area contributed by atoms with Crippen LogP contribution in [0, 0.1) is 0 Å². The van der Waals surface area contributed by atoms with Crippen molar-refractivity contribution in [2.24, 2.45) is 0 Å². The summed E-state index contributed by atoms with van der Waals surface area (Å²) >= 11 is 0. The summed E-state index contributed by atoms with van der Waals surface area (Å²) in [5, 5.41) is 2.87. The minimum absolute atomic E-state index is 0.168. The largest absolute Gasteiger partial charge is 0.352 e. The maximum absolute atomic E-state index is 13.1. The molecule has 1 aliphatic heterocycles. The average Bonchev–Trinajstić information content (AvgIpc) is 2.70. The highest BCUT2D eigenvalue weighted by molar-refractivity contribution is 7.92. The molecule has 5 nitrogen and oxygen atoms in total. The van der Waals surface area contributed by atoms with Gasteiger partial charge in [0.15, 0.2) is 0 Å². The first kappa shape index (κ1) is 19.4. The Balaban J connectivity index is 1.76. The van der Waals surface area contributed by atoms with E-state index in [1.165, 1.54) is 16.4 Å². The average molecular weight is 387 g/mol. The van der Waals surface area contributed by atoms with Gasteiger partial charge in [0.1, 0.15) is 0 Å². The molecule has 0 aromatic heterocycles. The van der Waals surface area contributed by atoms with Crippen LogP contribution in [0.2, 0.25) is 0 Å². The highest BCUT2D eigenvalue weighted by Gasteiger charge is 2.28. The molecule has 0 fully saturated rings. The van der Waals surface area contributed by atoms with Crippen LogP contribution < -0.4 is 9.62 Å². The Morgan fingerprint density at radius 3 is 2.56 bits per heavy atom. The van der Waals surface area contributed by atoms with Crippen LogP contribution in [0.4, 0.5) is 5.69 Å². The molecule has 0 saturated carbocycles. The summed E-state index contributed by atoms with van der Waals surface area (Å²) in [5.41, 5.74) is 2.28. The Kier molecular flexibility index (Phi) is 6.16. The molecular weight excluding hydrogens is 360 g/mol. The standard InChI is InChI=1S/C21H26N2O3S/c1-2-3-6-15-22-21(24)18-11-13-19(14-12-18)27(25,26)23-16-7-9-17-8-4-5-10-20(17)23/h4-5,8,10-14H,2-3,6-7,9,15-16H2,1H3,(H,22,24). The lowest BCUT2D eigenvalue weighted by Gasteiger charge is -2.30. The van der Waals surface area contributed by atoms with Gasteiger partial charge in [-0.25, -0.2) is 8.42 Å². The van der Waals surface area contributed by atoms with Gasteiger partial charge in [0.2, 0.25) is 0 Å². The number of fused-ring (bicyclic) bond motifs is 1. The van der Waals surface area contributed by atoms with E-state index in [4.69, 9.17) is 0 Å². The number of nitrogens with zero attached hydrogens (tertiary/aromatic N) is 1. The van der Waals surface area contributed by atoms with E-state index in [1.807, 2.05) is 24.3 Å². The molecule has 2 aromatic carbocycles. The third-order valence-electron chi connectivity index (χ3n) is 4.84. The number of hydrogen-bond donors (Lipinski definition) is 1. The number of carbonyl (C=O) groups excluding carboxylic acids is 1. The second-order valence-electron chi connectivity index (χ2n) is 6.80. The van der Waals surface area contributed by atoms with E-state index in [2.05, 4.69) is 12.2 Å². The number of aryl methyl sites for hydroxylation is 1. The molecule has 1 aliphatic rings. The number of para-hydroxylation sites is 1. The summed E-state index contributed by atoms with van der Waals surface area (Å²) in [6, 6.07) is 13.8. The van der Waals surface area contributed by atoms with Gasteiger partial charge in [-0.2, -0.15) is 0 Å². The topological polar surface area (TPSA) is 66.5 Å². The van der Waals surface area contributed by atoms with E-state index in [1.54, 1.807) is 12.1 Å². The Morgan fingerprint density at radius 2 is 1.81 bits per heavy atom. The van der Waals surface area contributed by atoms with Crippen molar-refractivity contribution >= 4 is 21.6 Å². The maximum atomic E-state index is 13.1. The molecule has 0 aliphatic carbocycles. The Morgan fingerprint density at radius 1 is 1.07 bits per heavy atom. The third kappa shape index (κ3) is 4.33. The predicted molar refractivity (Wildman–Crippen MR) is 108 cm³/mol. The van der Waals surface area contributed by atoms with E-state index in [9.17, 15) is 13.2 Å². The highest BCUT2D eigenvalue weighted by atomic mass is 32.2. The monoisotopic (exact) mass is 386 g/mol.